The lowest BCUT2D eigenvalue weighted by Gasteiger charge is -2.35. The number of aromatic nitrogens is 3. The van der Waals surface area contributed by atoms with E-state index in [1.165, 1.54) is 19.3 Å². The van der Waals surface area contributed by atoms with Gasteiger partial charge >= 0.3 is 0 Å². The average molecular weight is 251 g/mol. The van der Waals surface area contributed by atoms with Gasteiger partial charge in [0.25, 0.3) is 0 Å². The number of nitrogens with one attached hydrogen (secondary N) is 1. The minimum absolute atomic E-state index is 0.0342. The molecule has 4 N–H and O–H groups in total. The number of aliphatic hydroxyl groups is 1. The minimum atomic E-state index is -0.0342. The zero-order chi connectivity index (χ0) is 13.0. The summed E-state index contributed by atoms with van der Waals surface area (Å²) in [5, 5.41) is 12.8. The van der Waals surface area contributed by atoms with Crippen molar-refractivity contribution < 1.29 is 5.11 Å². The van der Waals surface area contributed by atoms with E-state index in [2.05, 4.69) is 20.3 Å². The monoisotopic (exact) mass is 251 g/mol. The lowest BCUT2D eigenvalue weighted by molar-refractivity contribution is 0.0942. The number of nitrogens with zero attached hydrogens (tertiary/aromatic N) is 3. The second-order valence-electron chi connectivity index (χ2n) is 5.14. The fourth-order valence-electron chi connectivity index (χ4n) is 2.54. The van der Waals surface area contributed by atoms with Gasteiger partial charge in [-0.2, -0.15) is 15.0 Å². The molecular formula is C12H21N5O. The Morgan fingerprint density at radius 2 is 1.94 bits per heavy atom. The molecule has 0 spiro atoms. The second-order valence-corrected chi connectivity index (χ2v) is 5.14. The molecule has 0 atom stereocenters. The van der Waals surface area contributed by atoms with E-state index >= 15 is 0 Å². The van der Waals surface area contributed by atoms with E-state index in [1.807, 2.05) is 0 Å². The van der Waals surface area contributed by atoms with Crippen molar-refractivity contribution >= 4 is 11.9 Å². The predicted molar refractivity (Wildman–Crippen MR) is 70.1 cm³/mol. The van der Waals surface area contributed by atoms with Gasteiger partial charge in [0, 0.05) is 12.0 Å². The number of nitrogens with two attached hydrogens (primary N) is 1. The Morgan fingerprint density at radius 1 is 1.22 bits per heavy atom. The first-order chi connectivity index (χ1) is 8.63. The summed E-state index contributed by atoms with van der Waals surface area (Å²) >= 11 is 0. The summed E-state index contributed by atoms with van der Waals surface area (Å²) < 4.78 is 0. The van der Waals surface area contributed by atoms with E-state index < -0.39 is 0 Å². The number of nitrogen functional groups attached to an aromatic ring is 1. The Kier molecular flexibility index (Phi) is 3.96. The lowest BCUT2D eigenvalue weighted by Crippen LogP contribution is -2.36. The molecule has 6 nitrogen and oxygen atoms in total. The highest BCUT2D eigenvalue weighted by Crippen LogP contribution is 2.35. The average Bonchev–Trinajstić information content (AvgIpc) is 2.36. The number of hydrogen-bond acceptors (Lipinski definition) is 6. The van der Waals surface area contributed by atoms with Gasteiger partial charge in [-0.05, 0) is 19.8 Å². The summed E-state index contributed by atoms with van der Waals surface area (Å²) in [6.07, 6.45) is 5.73. The highest BCUT2D eigenvalue weighted by molar-refractivity contribution is 5.31. The van der Waals surface area contributed by atoms with Crippen LogP contribution in [-0.4, -0.2) is 33.2 Å². The predicted octanol–water partition coefficient (Wildman–Crippen LogP) is 1.12. The summed E-state index contributed by atoms with van der Waals surface area (Å²) in [5.74, 6) is 1.33. The molecule has 1 heterocycles. The van der Waals surface area contributed by atoms with Crippen LogP contribution < -0.4 is 11.1 Å². The third kappa shape index (κ3) is 3.07. The Bertz CT molecular complexity index is 383. The molecule has 2 rings (SSSR count). The minimum Gasteiger partial charge on any atom is -0.396 e. The van der Waals surface area contributed by atoms with Crippen LogP contribution in [0.4, 0.5) is 11.9 Å². The smallest absolute Gasteiger partial charge is 0.227 e. The highest BCUT2D eigenvalue weighted by Gasteiger charge is 2.31. The van der Waals surface area contributed by atoms with Crippen LogP contribution in [-0.2, 0) is 0 Å². The molecule has 0 unspecified atom stereocenters. The molecule has 0 bridgehead atoms. The number of rotatable bonds is 4. The molecular weight excluding hydrogens is 230 g/mol. The van der Waals surface area contributed by atoms with Crippen molar-refractivity contribution in [2.24, 2.45) is 5.41 Å². The molecule has 1 aromatic heterocycles. The third-order valence-corrected chi connectivity index (χ3v) is 3.64. The van der Waals surface area contributed by atoms with E-state index in [0.717, 1.165) is 12.8 Å². The van der Waals surface area contributed by atoms with Crippen LogP contribution >= 0.6 is 0 Å². The number of hydrogen-bond donors (Lipinski definition) is 3. The fraction of sp³-hybridized carbons (Fsp3) is 0.750. The Morgan fingerprint density at radius 3 is 2.56 bits per heavy atom. The van der Waals surface area contributed by atoms with Gasteiger partial charge in [0.2, 0.25) is 11.9 Å². The first kappa shape index (κ1) is 13.0. The van der Waals surface area contributed by atoms with Crippen molar-refractivity contribution in [2.75, 3.05) is 24.2 Å². The first-order valence-corrected chi connectivity index (χ1v) is 6.46. The van der Waals surface area contributed by atoms with E-state index in [1.54, 1.807) is 6.92 Å². The SMILES string of the molecule is Cc1nc(N)nc(NCC2(CO)CCCCC2)n1. The molecule has 0 amide bonds. The molecule has 100 valence electrons. The van der Waals surface area contributed by atoms with Crippen molar-refractivity contribution in [1.82, 2.24) is 15.0 Å². The molecule has 1 aromatic rings. The molecule has 0 saturated heterocycles. The number of aryl methyl sites for hydroxylation is 1. The van der Waals surface area contributed by atoms with E-state index in [0.29, 0.717) is 18.3 Å². The van der Waals surface area contributed by atoms with Crippen molar-refractivity contribution in [3.05, 3.63) is 5.82 Å². The quantitative estimate of drug-likeness (QED) is 0.742. The zero-order valence-corrected chi connectivity index (χ0v) is 10.8. The van der Waals surface area contributed by atoms with Crippen molar-refractivity contribution in [1.29, 1.82) is 0 Å². The van der Waals surface area contributed by atoms with Crippen LogP contribution in [0.1, 0.15) is 37.9 Å². The van der Waals surface area contributed by atoms with Gasteiger partial charge in [0.1, 0.15) is 5.82 Å². The maximum absolute atomic E-state index is 9.61. The van der Waals surface area contributed by atoms with Gasteiger partial charge < -0.3 is 16.2 Å². The molecule has 0 aliphatic heterocycles. The maximum atomic E-state index is 9.61. The molecule has 0 radical (unpaired) electrons. The fourth-order valence-corrected chi connectivity index (χ4v) is 2.54. The van der Waals surface area contributed by atoms with Crippen LogP contribution in [0, 0.1) is 12.3 Å². The summed E-state index contributed by atoms with van der Waals surface area (Å²) in [7, 11) is 0. The highest BCUT2D eigenvalue weighted by atomic mass is 16.3. The summed E-state index contributed by atoms with van der Waals surface area (Å²) in [5.41, 5.74) is 5.55. The van der Waals surface area contributed by atoms with Crippen molar-refractivity contribution in [3.8, 4) is 0 Å². The van der Waals surface area contributed by atoms with Crippen LogP contribution in [0.15, 0.2) is 0 Å². The molecule has 1 aliphatic carbocycles. The van der Waals surface area contributed by atoms with Gasteiger partial charge in [-0.25, -0.2) is 0 Å². The molecule has 18 heavy (non-hydrogen) atoms. The van der Waals surface area contributed by atoms with E-state index in [9.17, 15) is 5.11 Å². The van der Waals surface area contributed by atoms with E-state index in [-0.39, 0.29) is 18.0 Å². The number of aliphatic hydroxyl groups excluding tert-OH is 1. The van der Waals surface area contributed by atoms with Crippen LogP contribution in [0.2, 0.25) is 0 Å². The Balaban J connectivity index is 2.00. The topological polar surface area (TPSA) is 97.0 Å². The van der Waals surface area contributed by atoms with E-state index in [4.69, 9.17) is 5.73 Å². The van der Waals surface area contributed by atoms with Crippen LogP contribution in [0.5, 0.6) is 0 Å². The van der Waals surface area contributed by atoms with Crippen LogP contribution in [0.3, 0.4) is 0 Å². The first-order valence-electron chi connectivity index (χ1n) is 6.46. The molecule has 6 heteroatoms. The second kappa shape index (κ2) is 5.48. The van der Waals surface area contributed by atoms with Gasteiger partial charge in [-0.1, -0.05) is 19.3 Å². The largest absolute Gasteiger partial charge is 0.396 e. The maximum Gasteiger partial charge on any atom is 0.227 e. The summed E-state index contributed by atoms with van der Waals surface area (Å²) in [6, 6.07) is 0. The van der Waals surface area contributed by atoms with Gasteiger partial charge in [0.05, 0.1) is 6.61 Å². The third-order valence-electron chi connectivity index (χ3n) is 3.64. The number of anilines is 2. The van der Waals surface area contributed by atoms with Crippen molar-refractivity contribution in [2.45, 2.75) is 39.0 Å². The Hall–Kier alpha value is -1.43. The lowest BCUT2D eigenvalue weighted by atomic mass is 9.74. The normalized spacial score (nSPS) is 18.6. The standard InChI is InChI=1S/C12H21N5O/c1-9-15-10(13)17-11(16-9)14-7-12(8-18)5-3-2-4-6-12/h18H,2-8H2,1H3,(H3,13,14,15,16,17). The van der Waals surface area contributed by atoms with Gasteiger partial charge in [0.15, 0.2) is 0 Å². The molecule has 1 aliphatic rings. The zero-order valence-electron chi connectivity index (χ0n) is 10.8. The van der Waals surface area contributed by atoms with Crippen LogP contribution in [0.25, 0.3) is 0 Å². The summed E-state index contributed by atoms with van der Waals surface area (Å²) in [4.78, 5) is 12.2. The van der Waals surface area contributed by atoms with Gasteiger partial charge in [-0.3, -0.25) is 0 Å². The molecule has 1 saturated carbocycles. The van der Waals surface area contributed by atoms with Crippen molar-refractivity contribution in [3.63, 3.8) is 0 Å². The molecule has 1 fully saturated rings. The molecule has 0 aromatic carbocycles. The summed E-state index contributed by atoms with van der Waals surface area (Å²) in [6.45, 7) is 2.68. The van der Waals surface area contributed by atoms with Gasteiger partial charge in [-0.15, -0.1) is 0 Å². The Labute approximate surface area is 107 Å².